The molecule has 4 nitrogen and oxygen atoms in total. The smallest absolute Gasteiger partial charge is 0.308 e. The number of halogens is 1. The van der Waals surface area contributed by atoms with E-state index in [2.05, 4.69) is 28.9 Å². The van der Waals surface area contributed by atoms with Crippen molar-refractivity contribution in [1.82, 2.24) is 0 Å². The first-order valence-electron chi connectivity index (χ1n) is 8.50. The third-order valence-corrected chi connectivity index (χ3v) is 6.84. The number of primary amides is 1. The van der Waals surface area contributed by atoms with Gasteiger partial charge in [-0.15, -0.1) is 0 Å². The van der Waals surface area contributed by atoms with Crippen molar-refractivity contribution in [2.45, 2.75) is 58.3 Å². The topological polar surface area (TPSA) is 69.4 Å². The van der Waals surface area contributed by atoms with Crippen LogP contribution >= 0.6 is 15.9 Å². The number of carbonyl (C=O) groups excluding carboxylic acids is 2. The highest BCUT2D eigenvalue weighted by atomic mass is 79.9. The van der Waals surface area contributed by atoms with E-state index in [4.69, 9.17) is 10.5 Å². The minimum absolute atomic E-state index is 0.120. The molecular weight excluding hydrogens is 370 g/mol. The highest BCUT2D eigenvalue weighted by Gasteiger charge is 2.54. The fourth-order valence-corrected chi connectivity index (χ4v) is 5.47. The molecule has 1 saturated carbocycles. The van der Waals surface area contributed by atoms with E-state index in [1.165, 1.54) is 18.1 Å². The molecule has 1 fully saturated rings. The van der Waals surface area contributed by atoms with Gasteiger partial charge in [-0.1, -0.05) is 20.3 Å². The zero-order chi connectivity index (χ0) is 17.7. The Bertz CT molecular complexity index is 717. The van der Waals surface area contributed by atoms with Crippen molar-refractivity contribution in [3.63, 3.8) is 0 Å². The number of carbonyl (C=O) groups is 2. The second-order valence-corrected chi connectivity index (χ2v) is 8.53. The largest absolute Gasteiger partial charge is 0.426 e. The van der Waals surface area contributed by atoms with Crippen LogP contribution in [0.15, 0.2) is 16.6 Å². The Hall–Kier alpha value is -1.36. The zero-order valence-electron chi connectivity index (χ0n) is 14.4. The van der Waals surface area contributed by atoms with Crippen molar-refractivity contribution in [3.8, 4) is 5.75 Å². The maximum absolute atomic E-state index is 12.2. The van der Waals surface area contributed by atoms with Crippen LogP contribution in [0.4, 0.5) is 0 Å². The van der Waals surface area contributed by atoms with Crippen LogP contribution in [-0.2, 0) is 21.4 Å². The van der Waals surface area contributed by atoms with Crippen molar-refractivity contribution in [2.24, 2.45) is 17.1 Å². The Morgan fingerprint density at radius 2 is 2.00 bits per heavy atom. The molecule has 0 heterocycles. The summed E-state index contributed by atoms with van der Waals surface area (Å²) in [7, 11) is 0. The summed E-state index contributed by atoms with van der Waals surface area (Å²) >= 11 is 3.50. The maximum Gasteiger partial charge on any atom is 0.308 e. The number of amides is 1. The van der Waals surface area contributed by atoms with Crippen LogP contribution in [0.1, 0.15) is 57.6 Å². The highest BCUT2D eigenvalue weighted by molar-refractivity contribution is 9.10. The lowest BCUT2D eigenvalue weighted by Gasteiger charge is -2.54. The molecule has 0 bridgehead atoms. The Kier molecular flexibility index (Phi) is 4.27. The molecule has 0 saturated heterocycles. The van der Waals surface area contributed by atoms with E-state index in [1.807, 2.05) is 13.0 Å². The van der Waals surface area contributed by atoms with Crippen LogP contribution in [-0.4, -0.2) is 11.9 Å². The Morgan fingerprint density at radius 1 is 1.29 bits per heavy atom. The minimum Gasteiger partial charge on any atom is -0.426 e. The summed E-state index contributed by atoms with van der Waals surface area (Å²) in [6.07, 6.45) is 4.73. The lowest BCUT2D eigenvalue weighted by Crippen LogP contribution is -2.54. The van der Waals surface area contributed by atoms with Gasteiger partial charge in [0.2, 0.25) is 5.91 Å². The van der Waals surface area contributed by atoms with Crippen LogP contribution in [0.25, 0.3) is 0 Å². The van der Waals surface area contributed by atoms with E-state index in [1.54, 1.807) is 0 Å². The summed E-state index contributed by atoms with van der Waals surface area (Å²) in [6.45, 7) is 5.66. The minimum atomic E-state index is -0.473. The van der Waals surface area contributed by atoms with Gasteiger partial charge in [0.1, 0.15) is 5.75 Å². The first kappa shape index (κ1) is 17.5. The second kappa shape index (κ2) is 5.87. The van der Waals surface area contributed by atoms with Gasteiger partial charge < -0.3 is 10.5 Å². The summed E-state index contributed by atoms with van der Waals surface area (Å²) in [6, 6.07) is 4.05. The molecule has 1 aromatic carbocycles. The van der Waals surface area contributed by atoms with Crippen molar-refractivity contribution in [2.75, 3.05) is 0 Å². The van der Waals surface area contributed by atoms with E-state index in [9.17, 15) is 9.59 Å². The fraction of sp³-hybridized carbons (Fsp3) is 0.579. The molecule has 130 valence electrons. The molecule has 3 atom stereocenters. The highest BCUT2D eigenvalue weighted by Crippen LogP contribution is 2.57. The molecule has 0 aromatic heterocycles. The van der Waals surface area contributed by atoms with Crippen LogP contribution in [0.3, 0.4) is 0 Å². The molecule has 3 rings (SSSR count). The van der Waals surface area contributed by atoms with Crippen LogP contribution < -0.4 is 10.5 Å². The molecule has 0 aliphatic heterocycles. The van der Waals surface area contributed by atoms with Gasteiger partial charge in [0, 0.05) is 12.3 Å². The quantitative estimate of drug-likeness (QED) is 0.612. The Balaban J connectivity index is 2.12. The number of esters is 1. The molecule has 3 unspecified atom stereocenters. The first-order valence-corrected chi connectivity index (χ1v) is 9.29. The normalized spacial score (nSPS) is 31.8. The third-order valence-electron chi connectivity index (χ3n) is 6.22. The average Bonchev–Trinajstić information content (AvgIpc) is 2.48. The SMILES string of the molecule is CC(=O)Oc1cc2c(cc1Br)CCC1C(C)(C(N)=O)CCCC21C. The number of fused-ring (bicyclic) bond motifs is 3. The molecule has 24 heavy (non-hydrogen) atoms. The number of nitrogens with two attached hydrogens (primary N) is 1. The molecule has 2 aliphatic carbocycles. The monoisotopic (exact) mass is 393 g/mol. The number of hydrogen-bond donors (Lipinski definition) is 1. The number of benzene rings is 1. The standard InChI is InChI=1S/C19H24BrNO3/c1-11(22)24-15-10-13-12(9-14(15)20)5-6-16-18(13,2)7-4-8-19(16,3)17(21)23/h9-10,16H,4-8H2,1-3H3,(H2,21,23). The second-order valence-electron chi connectivity index (χ2n) is 7.68. The van der Waals surface area contributed by atoms with Crippen molar-refractivity contribution < 1.29 is 14.3 Å². The number of rotatable bonds is 2. The number of aryl methyl sites for hydroxylation is 1. The van der Waals surface area contributed by atoms with E-state index in [-0.39, 0.29) is 23.2 Å². The molecule has 1 amide bonds. The van der Waals surface area contributed by atoms with Gasteiger partial charge in [-0.2, -0.15) is 0 Å². The lowest BCUT2D eigenvalue weighted by molar-refractivity contribution is -0.135. The molecule has 2 N–H and O–H groups in total. The van der Waals surface area contributed by atoms with Gasteiger partial charge >= 0.3 is 5.97 Å². The van der Waals surface area contributed by atoms with E-state index in [0.29, 0.717) is 5.75 Å². The number of ether oxygens (including phenoxy) is 1. The van der Waals surface area contributed by atoms with Crippen LogP contribution in [0, 0.1) is 11.3 Å². The van der Waals surface area contributed by atoms with Gasteiger partial charge in [-0.25, -0.2) is 0 Å². The van der Waals surface area contributed by atoms with Crippen molar-refractivity contribution in [1.29, 1.82) is 0 Å². The summed E-state index contributed by atoms with van der Waals surface area (Å²) in [5, 5.41) is 0. The summed E-state index contributed by atoms with van der Waals surface area (Å²) in [4.78, 5) is 23.6. The van der Waals surface area contributed by atoms with Gasteiger partial charge in [0.15, 0.2) is 0 Å². The molecule has 2 aliphatic rings. The number of hydrogen-bond acceptors (Lipinski definition) is 3. The first-order chi connectivity index (χ1) is 11.2. The fourth-order valence-electron chi connectivity index (χ4n) is 4.99. The maximum atomic E-state index is 12.2. The predicted octanol–water partition coefficient (Wildman–Crippen LogP) is 3.87. The predicted molar refractivity (Wildman–Crippen MR) is 95.8 cm³/mol. The van der Waals surface area contributed by atoms with Gasteiger partial charge in [-0.3, -0.25) is 9.59 Å². The van der Waals surface area contributed by atoms with Crippen LogP contribution in [0.2, 0.25) is 0 Å². The lowest BCUT2D eigenvalue weighted by atomic mass is 9.49. The van der Waals surface area contributed by atoms with E-state index >= 15 is 0 Å². The summed E-state index contributed by atoms with van der Waals surface area (Å²) in [5.41, 5.74) is 7.67. The molecular formula is C19H24BrNO3. The van der Waals surface area contributed by atoms with Gasteiger partial charge in [0.25, 0.3) is 0 Å². The molecule has 1 aromatic rings. The summed E-state index contributed by atoms with van der Waals surface area (Å²) in [5.74, 6) is 0.238. The molecule has 0 spiro atoms. The van der Waals surface area contributed by atoms with Crippen LogP contribution in [0.5, 0.6) is 5.75 Å². The average molecular weight is 394 g/mol. The van der Waals surface area contributed by atoms with Gasteiger partial charge in [0.05, 0.1) is 4.47 Å². The Labute approximate surface area is 151 Å². The van der Waals surface area contributed by atoms with Crippen molar-refractivity contribution >= 4 is 27.8 Å². The zero-order valence-corrected chi connectivity index (χ0v) is 16.0. The Morgan fingerprint density at radius 3 is 2.62 bits per heavy atom. The molecule has 5 heteroatoms. The van der Waals surface area contributed by atoms with Crippen molar-refractivity contribution in [3.05, 3.63) is 27.7 Å². The summed E-state index contributed by atoms with van der Waals surface area (Å²) < 4.78 is 6.16. The molecule has 0 radical (unpaired) electrons. The van der Waals surface area contributed by atoms with E-state index in [0.717, 1.165) is 36.6 Å². The third kappa shape index (κ3) is 2.57. The van der Waals surface area contributed by atoms with E-state index < -0.39 is 5.41 Å². The van der Waals surface area contributed by atoms with Gasteiger partial charge in [-0.05, 0) is 76.2 Å².